The molecule has 0 radical (unpaired) electrons. The molecule has 0 saturated carbocycles. The summed E-state index contributed by atoms with van der Waals surface area (Å²) < 4.78 is 16.5. The number of halogens is 1. The Balaban J connectivity index is 1.56. The van der Waals surface area contributed by atoms with Gasteiger partial charge in [-0.15, -0.1) is 11.6 Å². The second kappa shape index (κ2) is 12.8. The normalized spacial score (nSPS) is 11.0. The number of hydrogen-bond donors (Lipinski definition) is 2. The van der Waals surface area contributed by atoms with Gasteiger partial charge in [0.15, 0.2) is 11.5 Å². The van der Waals surface area contributed by atoms with E-state index < -0.39 is 5.91 Å². The van der Waals surface area contributed by atoms with E-state index in [1.165, 1.54) is 26.4 Å². The van der Waals surface area contributed by atoms with Crippen LogP contribution in [-0.4, -0.2) is 44.5 Å². The molecule has 0 atom stereocenters. The van der Waals surface area contributed by atoms with Crippen LogP contribution in [0.25, 0.3) is 21.7 Å². The van der Waals surface area contributed by atoms with Gasteiger partial charge < -0.3 is 24.5 Å². The van der Waals surface area contributed by atoms with Crippen LogP contribution in [-0.2, 0) is 22.7 Å². The van der Waals surface area contributed by atoms with Crippen molar-refractivity contribution in [2.24, 2.45) is 0 Å². The van der Waals surface area contributed by atoms with Crippen molar-refractivity contribution in [3.8, 4) is 17.2 Å². The molecule has 216 valence electrons. The van der Waals surface area contributed by atoms with Gasteiger partial charge in [0.25, 0.3) is 5.91 Å². The second-order valence-electron chi connectivity index (χ2n) is 9.34. The average Bonchev–Trinajstić information content (AvgIpc) is 3.46. The minimum atomic E-state index is -0.397. The van der Waals surface area contributed by atoms with Crippen molar-refractivity contribution in [2.75, 3.05) is 37.6 Å². The van der Waals surface area contributed by atoms with E-state index in [0.717, 1.165) is 21.9 Å². The number of carbonyl (C=O) groups excluding carboxylic acids is 2. The van der Waals surface area contributed by atoms with Crippen LogP contribution in [0.2, 0.25) is 0 Å². The van der Waals surface area contributed by atoms with E-state index in [-0.39, 0.29) is 12.3 Å². The number of aromatic nitrogens is 1. The number of carbonyl (C=O) groups is 2. The molecule has 0 saturated heterocycles. The Labute approximate surface area is 247 Å². The summed E-state index contributed by atoms with van der Waals surface area (Å²) in [6.45, 7) is 0.183. The number of methoxy groups -OCH3 is 3. The molecule has 0 aliphatic rings. The maximum absolute atomic E-state index is 13.7. The second-order valence-corrected chi connectivity index (χ2v) is 9.72. The van der Waals surface area contributed by atoms with Crippen molar-refractivity contribution in [3.63, 3.8) is 0 Å². The maximum atomic E-state index is 13.7. The number of aryl methyl sites for hydroxylation is 1. The number of amides is 2. The van der Waals surface area contributed by atoms with Gasteiger partial charge in [0.1, 0.15) is 12.3 Å². The summed E-state index contributed by atoms with van der Waals surface area (Å²) in [6.07, 6.45) is 1.10. The predicted octanol–water partition coefficient (Wildman–Crippen LogP) is 6.48. The van der Waals surface area contributed by atoms with Gasteiger partial charge in [0.05, 0.1) is 32.5 Å². The van der Waals surface area contributed by atoms with E-state index in [4.69, 9.17) is 30.6 Å². The molecule has 0 unspecified atom stereocenters. The molecule has 42 heavy (non-hydrogen) atoms. The number of hydrogen-bond acceptors (Lipinski definition) is 6. The van der Waals surface area contributed by atoms with E-state index in [0.29, 0.717) is 58.2 Å². The molecule has 9 nitrogen and oxygen atoms in total. The molecule has 10 heteroatoms. The Bertz CT molecular complexity index is 1740. The Morgan fingerprint density at radius 3 is 2.31 bits per heavy atom. The number of H-pyrrole nitrogens is 1. The number of benzene rings is 4. The molecule has 0 aliphatic carbocycles. The zero-order valence-corrected chi connectivity index (χ0v) is 24.2. The smallest absolute Gasteiger partial charge is 0.272 e. The lowest BCUT2D eigenvalue weighted by Gasteiger charge is -2.22. The van der Waals surface area contributed by atoms with Crippen LogP contribution in [0, 0.1) is 0 Å². The monoisotopic (exact) mass is 587 g/mol. The van der Waals surface area contributed by atoms with Gasteiger partial charge in [0, 0.05) is 22.3 Å². The molecule has 0 aliphatic heterocycles. The van der Waals surface area contributed by atoms with Crippen LogP contribution in [0.3, 0.4) is 0 Å². The standard InChI is InChI=1S/C32H30ClN3O6/c1-39-28-16-21-15-26(34-29(21)31(41-3)30(28)40-2)32(38)35-25-17-27(24-12-8-7-11-22(24)23(25)13-14-33)36(19-37)42-18-20-9-5-4-6-10-20/h4-12,15-17,19,34H,13-14,18H2,1-3H3,(H,35,38). The van der Waals surface area contributed by atoms with Crippen LogP contribution in [0.1, 0.15) is 21.6 Å². The summed E-state index contributed by atoms with van der Waals surface area (Å²) >= 11 is 6.21. The number of ether oxygens (including phenoxy) is 3. The highest BCUT2D eigenvalue weighted by molar-refractivity contribution is 6.18. The molecule has 2 N–H and O–H groups in total. The quantitative estimate of drug-likeness (QED) is 0.0984. The van der Waals surface area contributed by atoms with Gasteiger partial charge in [-0.25, -0.2) is 0 Å². The summed E-state index contributed by atoms with van der Waals surface area (Å²) in [5, 5.41) is 6.53. The van der Waals surface area contributed by atoms with Crippen molar-refractivity contribution in [3.05, 3.63) is 89.6 Å². The SMILES string of the molecule is COc1cc2cc(C(=O)Nc3cc(N(C=O)OCc4ccccc4)c4ccccc4c3CCCl)[nH]c2c(OC)c1OC. The molecule has 0 fully saturated rings. The summed E-state index contributed by atoms with van der Waals surface area (Å²) in [5.41, 5.74) is 3.61. The van der Waals surface area contributed by atoms with E-state index in [2.05, 4.69) is 10.3 Å². The summed E-state index contributed by atoms with van der Waals surface area (Å²) in [4.78, 5) is 35.0. The van der Waals surface area contributed by atoms with E-state index in [9.17, 15) is 9.59 Å². The molecule has 1 aromatic heterocycles. The fraction of sp³-hybridized carbons (Fsp3) is 0.188. The third-order valence-electron chi connectivity index (χ3n) is 6.94. The Morgan fingerprint density at radius 2 is 1.64 bits per heavy atom. The number of anilines is 2. The number of nitrogens with zero attached hydrogens (tertiary/aromatic N) is 1. The average molecular weight is 588 g/mol. The summed E-state index contributed by atoms with van der Waals surface area (Å²) in [6, 6.07) is 22.4. The van der Waals surface area contributed by atoms with Crippen molar-refractivity contribution >= 4 is 57.0 Å². The predicted molar refractivity (Wildman–Crippen MR) is 164 cm³/mol. The number of fused-ring (bicyclic) bond motifs is 2. The van der Waals surface area contributed by atoms with Crippen molar-refractivity contribution in [1.29, 1.82) is 0 Å². The third-order valence-corrected chi connectivity index (χ3v) is 7.13. The van der Waals surface area contributed by atoms with Crippen LogP contribution in [0.4, 0.5) is 11.4 Å². The summed E-state index contributed by atoms with van der Waals surface area (Å²) in [7, 11) is 4.57. The molecule has 0 bridgehead atoms. The first-order valence-corrected chi connectivity index (χ1v) is 13.7. The van der Waals surface area contributed by atoms with E-state index >= 15 is 0 Å². The van der Waals surface area contributed by atoms with Gasteiger partial charge in [-0.05, 0) is 41.1 Å². The lowest BCUT2D eigenvalue weighted by Crippen LogP contribution is -2.22. The highest BCUT2D eigenvalue weighted by Gasteiger charge is 2.22. The van der Waals surface area contributed by atoms with Crippen LogP contribution >= 0.6 is 11.6 Å². The Morgan fingerprint density at radius 1 is 0.929 bits per heavy atom. The third kappa shape index (κ3) is 5.57. The van der Waals surface area contributed by atoms with Crippen molar-refractivity contribution < 1.29 is 28.6 Å². The van der Waals surface area contributed by atoms with Crippen LogP contribution in [0.15, 0.2) is 72.8 Å². The molecule has 5 aromatic rings. The molecule has 1 heterocycles. The molecule has 2 amide bonds. The number of hydroxylamine groups is 1. The minimum absolute atomic E-state index is 0.183. The van der Waals surface area contributed by atoms with Crippen molar-refractivity contribution in [2.45, 2.75) is 13.0 Å². The van der Waals surface area contributed by atoms with Gasteiger partial charge in [0.2, 0.25) is 12.2 Å². The zero-order chi connectivity index (χ0) is 29.6. The highest BCUT2D eigenvalue weighted by Crippen LogP contribution is 2.43. The molecular formula is C32H30ClN3O6. The molecule has 0 spiro atoms. The molecule has 5 rings (SSSR count). The summed E-state index contributed by atoms with van der Waals surface area (Å²) in [5.74, 6) is 1.23. The Kier molecular flexibility index (Phi) is 8.80. The van der Waals surface area contributed by atoms with Crippen LogP contribution < -0.4 is 24.6 Å². The number of alkyl halides is 1. The Hall–Kier alpha value is -4.73. The largest absolute Gasteiger partial charge is 0.493 e. The van der Waals surface area contributed by atoms with Gasteiger partial charge >= 0.3 is 0 Å². The number of aromatic amines is 1. The number of nitrogens with one attached hydrogen (secondary N) is 2. The van der Waals surface area contributed by atoms with Gasteiger partial charge in [-0.3, -0.25) is 14.4 Å². The minimum Gasteiger partial charge on any atom is -0.493 e. The first-order valence-electron chi connectivity index (χ1n) is 13.2. The van der Waals surface area contributed by atoms with E-state index in [1.54, 1.807) is 18.2 Å². The van der Waals surface area contributed by atoms with Crippen molar-refractivity contribution in [1.82, 2.24) is 4.98 Å². The first-order chi connectivity index (χ1) is 20.5. The zero-order valence-electron chi connectivity index (χ0n) is 23.4. The first kappa shape index (κ1) is 28.8. The number of rotatable bonds is 12. The fourth-order valence-electron chi connectivity index (χ4n) is 5.01. The highest BCUT2D eigenvalue weighted by atomic mass is 35.5. The van der Waals surface area contributed by atoms with Gasteiger partial charge in [-0.2, -0.15) is 5.06 Å². The topological polar surface area (TPSA) is 102 Å². The lowest BCUT2D eigenvalue weighted by molar-refractivity contribution is -0.114. The molecule has 4 aromatic carbocycles. The van der Waals surface area contributed by atoms with E-state index in [1.807, 2.05) is 54.6 Å². The van der Waals surface area contributed by atoms with Crippen LogP contribution in [0.5, 0.6) is 17.2 Å². The van der Waals surface area contributed by atoms with Gasteiger partial charge in [-0.1, -0.05) is 54.6 Å². The lowest BCUT2D eigenvalue weighted by atomic mass is 9.98. The maximum Gasteiger partial charge on any atom is 0.272 e. The fourth-order valence-corrected chi connectivity index (χ4v) is 5.19. The molecular weight excluding hydrogens is 558 g/mol.